The van der Waals surface area contributed by atoms with Gasteiger partial charge in [-0.3, -0.25) is 4.68 Å². The van der Waals surface area contributed by atoms with E-state index in [0.717, 1.165) is 17.0 Å². The van der Waals surface area contributed by atoms with Crippen LogP contribution in [0.15, 0.2) is 24.3 Å². The van der Waals surface area contributed by atoms with E-state index < -0.39 is 6.10 Å². The number of rotatable bonds is 5. The first-order valence-corrected chi connectivity index (χ1v) is 6.46. The Morgan fingerprint density at radius 1 is 1.20 bits per heavy atom. The van der Waals surface area contributed by atoms with Crippen molar-refractivity contribution in [2.24, 2.45) is 0 Å². The Balaban J connectivity index is 2.24. The fourth-order valence-electron chi connectivity index (χ4n) is 2.22. The van der Waals surface area contributed by atoms with Crippen LogP contribution >= 0.6 is 0 Å². The van der Waals surface area contributed by atoms with Crippen LogP contribution in [0.2, 0.25) is 0 Å². The van der Waals surface area contributed by atoms with Crippen LogP contribution in [0.4, 0.5) is 0 Å². The highest BCUT2D eigenvalue weighted by Crippen LogP contribution is 2.30. The molecule has 0 aliphatic rings. The maximum atomic E-state index is 10.4. The molecular weight excluding hydrogens is 256 g/mol. The molecule has 1 N–H and O–H groups in total. The van der Waals surface area contributed by atoms with Crippen molar-refractivity contribution in [3.63, 3.8) is 0 Å². The summed E-state index contributed by atoms with van der Waals surface area (Å²) in [5.74, 6) is 1.31. The molecule has 0 aliphatic heterocycles. The molecule has 0 radical (unpaired) electrons. The third kappa shape index (κ3) is 2.93. The van der Waals surface area contributed by atoms with Gasteiger partial charge < -0.3 is 14.6 Å². The van der Waals surface area contributed by atoms with Crippen LogP contribution in [0, 0.1) is 13.8 Å². The van der Waals surface area contributed by atoms with Crippen molar-refractivity contribution in [1.82, 2.24) is 9.78 Å². The highest BCUT2D eigenvalue weighted by atomic mass is 16.5. The summed E-state index contributed by atoms with van der Waals surface area (Å²) >= 11 is 0. The molecule has 2 rings (SSSR count). The summed E-state index contributed by atoms with van der Waals surface area (Å²) in [7, 11) is 3.18. The minimum atomic E-state index is -0.686. The fourth-order valence-corrected chi connectivity index (χ4v) is 2.22. The topological polar surface area (TPSA) is 56.5 Å². The summed E-state index contributed by atoms with van der Waals surface area (Å²) in [5, 5.41) is 14.8. The summed E-state index contributed by atoms with van der Waals surface area (Å²) in [6.45, 7) is 4.30. The summed E-state index contributed by atoms with van der Waals surface area (Å²) in [6, 6.07) is 7.37. The number of nitrogens with zero attached hydrogens (tertiary/aromatic N) is 2. The van der Waals surface area contributed by atoms with E-state index in [-0.39, 0.29) is 0 Å². The van der Waals surface area contributed by atoms with E-state index in [0.29, 0.717) is 18.0 Å². The monoisotopic (exact) mass is 276 g/mol. The average Bonchev–Trinajstić information content (AvgIpc) is 2.75. The highest BCUT2D eigenvalue weighted by molar-refractivity contribution is 5.41. The number of aliphatic hydroxyl groups is 1. The van der Waals surface area contributed by atoms with Gasteiger partial charge in [0.25, 0.3) is 0 Å². The number of hydrogen-bond donors (Lipinski definition) is 1. The number of benzene rings is 1. The first-order chi connectivity index (χ1) is 9.55. The van der Waals surface area contributed by atoms with Crippen molar-refractivity contribution >= 4 is 0 Å². The van der Waals surface area contributed by atoms with Gasteiger partial charge in [0.2, 0.25) is 0 Å². The number of methoxy groups -OCH3 is 2. The van der Waals surface area contributed by atoms with E-state index in [9.17, 15) is 5.11 Å². The first-order valence-electron chi connectivity index (χ1n) is 6.46. The Labute approximate surface area is 118 Å². The van der Waals surface area contributed by atoms with Gasteiger partial charge in [-0.25, -0.2) is 0 Å². The van der Waals surface area contributed by atoms with Gasteiger partial charge in [0.15, 0.2) is 0 Å². The fraction of sp³-hybridized carbons (Fsp3) is 0.400. The standard InChI is InChI=1S/C15H20N2O3/c1-10-7-11(2)17(16-10)9-14(18)13-6-5-12(19-3)8-15(13)20-4/h5-8,14,18H,9H2,1-4H3. The number of aromatic nitrogens is 2. The van der Waals surface area contributed by atoms with E-state index in [1.165, 1.54) is 0 Å². The molecule has 5 heteroatoms. The molecule has 0 saturated carbocycles. The minimum absolute atomic E-state index is 0.391. The van der Waals surface area contributed by atoms with E-state index in [1.807, 2.05) is 32.0 Å². The molecule has 1 aromatic heterocycles. The van der Waals surface area contributed by atoms with Gasteiger partial charge in [0.1, 0.15) is 17.6 Å². The third-order valence-electron chi connectivity index (χ3n) is 3.25. The molecule has 0 fully saturated rings. The van der Waals surface area contributed by atoms with Crippen molar-refractivity contribution in [3.05, 3.63) is 41.2 Å². The largest absolute Gasteiger partial charge is 0.497 e. The molecule has 108 valence electrons. The molecule has 5 nitrogen and oxygen atoms in total. The minimum Gasteiger partial charge on any atom is -0.497 e. The number of hydrogen-bond acceptors (Lipinski definition) is 4. The van der Waals surface area contributed by atoms with Gasteiger partial charge in [-0.05, 0) is 32.0 Å². The van der Waals surface area contributed by atoms with Crippen molar-refractivity contribution < 1.29 is 14.6 Å². The zero-order chi connectivity index (χ0) is 14.7. The lowest BCUT2D eigenvalue weighted by Crippen LogP contribution is -2.12. The second-order valence-electron chi connectivity index (χ2n) is 4.73. The van der Waals surface area contributed by atoms with Crippen molar-refractivity contribution in [2.75, 3.05) is 14.2 Å². The third-order valence-corrected chi connectivity index (χ3v) is 3.25. The van der Waals surface area contributed by atoms with Gasteiger partial charge >= 0.3 is 0 Å². The van der Waals surface area contributed by atoms with Gasteiger partial charge in [-0.2, -0.15) is 5.10 Å². The summed E-state index contributed by atoms with van der Waals surface area (Å²) < 4.78 is 12.3. The summed E-state index contributed by atoms with van der Waals surface area (Å²) in [5.41, 5.74) is 2.69. The predicted octanol–water partition coefficient (Wildman–Crippen LogP) is 2.25. The average molecular weight is 276 g/mol. The van der Waals surface area contributed by atoms with E-state index in [2.05, 4.69) is 5.10 Å². The van der Waals surface area contributed by atoms with Crippen LogP contribution in [-0.2, 0) is 6.54 Å². The Kier molecular flexibility index (Phi) is 4.29. The SMILES string of the molecule is COc1ccc(C(O)Cn2nc(C)cc2C)c(OC)c1. The van der Waals surface area contributed by atoms with E-state index in [4.69, 9.17) is 9.47 Å². The van der Waals surface area contributed by atoms with Crippen LogP contribution < -0.4 is 9.47 Å². The van der Waals surface area contributed by atoms with Crippen molar-refractivity contribution in [1.29, 1.82) is 0 Å². The molecular formula is C15H20N2O3. The lowest BCUT2D eigenvalue weighted by molar-refractivity contribution is 0.146. The molecule has 0 bridgehead atoms. The van der Waals surface area contributed by atoms with Crippen LogP contribution in [0.3, 0.4) is 0 Å². The number of aliphatic hydroxyl groups excluding tert-OH is 1. The summed E-state index contributed by atoms with van der Waals surface area (Å²) in [6.07, 6.45) is -0.686. The van der Waals surface area contributed by atoms with Crippen LogP contribution in [0.1, 0.15) is 23.1 Å². The normalized spacial score (nSPS) is 12.2. The molecule has 2 aromatic rings. The number of ether oxygens (including phenoxy) is 2. The molecule has 1 unspecified atom stereocenters. The zero-order valence-electron chi connectivity index (χ0n) is 12.3. The molecule has 0 amide bonds. The van der Waals surface area contributed by atoms with Crippen LogP contribution in [-0.4, -0.2) is 29.1 Å². The van der Waals surface area contributed by atoms with Gasteiger partial charge in [-0.1, -0.05) is 0 Å². The lowest BCUT2D eigenvalue weighted by atomic mass is 10.1. The molecule has 0 spiro atoms. The van der Waals surface area contributed by atoms with Crippen LogP contribution in [0.25, 0.3) is 0 Å². The zero-order valence-corrected chi connectivity index (χ0v) is 12.3. The number of aryl methyl sites for hydroxylation is 2. The van der Waals surface area contributed by atoms with Crippen LogP contribution in [0.5, 0.6) is 11.5 Å². The molecule has 1 heterocycles. The molecule has 1 aromatic carbocycles. The highest BCUT2D eigenvalue weighted by Gasteiger charge is 2.16. The molecule has 0 aliphatic carbocycles. The molecule has 0 saturated heterocycles. The molecule has 1 atom stereocenters. The van der Waals surface area contributed by atoms with E-state index >= 15 is 0 Å². The molecule has 20 heavy (non-hydrogen) atoms. The van der Waals surface area contributed by atoms with Gasteiger partial charge in [0, 0.05) is 17.3 Å². The summed E-state index contributed by atoms with van der Waals surface area (Å²) in [4.78, 5) is 0. The van der Waals surface area contributed by atoms with Crippen molar-refractivity contribution in [3.8, 4) is 11.5 Å². The second kappa shape index (κ2) is 5.96. The van der Waals surface area contributed by atoms with Gasteiger partial charge in [-0.15, -0.1) is 0 Å². The Morgan fingerprint density at radius 2 is 1.95 bits per heavy atom. The van der Waals surface area contributed by atoms with Crippen molar-refractivity contribution in [2.45, 2.75) is 26.5 Å². The lowest BCUT2D eigenvalue weighted by Gasteiger charge is -2.16. The predicted molar refractivity (Wildman–Crippen MR) is 76.2 cm³/mol. The smallest absolute Gasteiger partial charge is 0.128 e. The quantitative estimate of drug-likeness (QED) is 0.910. The van der Waals surface area contributed by atoms with Gasteiger partial charge in [0.05, 0.1) is 26.5 Å². The maximum Gasteiger partial charge on any atom is 0.128 e. The maximum absolute atomic E-state index is 10.4. The Hall–Kier alpha value is -2.01. The first kappa shape index (κ1) is 14.4. The Bertz CT molecular complexity index is 593. The van der Waals surface area contributed by atoms with E-state index in [1.54, 1.807) is 25.0 Å². The second-order valence-corrected chi connectivity index (χ2v) is 4.73. The Morgan fingerprint density at radius 3 is 2.50 bits per heavy atom.